The van der Waals surface area contributed by atoms with E-state index in [1.54, 1.807) is 0 Å². The molecule has 1 heterocycles. The monoisotopic (exact) mass is 230 g/mol. The van der Waals surface area contributed by atoms with Gasteiger partial charge in [0.05, 0.1) is 19.9 Å². The van der Waals surface area contributed by atoms with E-state index in [2.05, 4.69) is 15.0 Å². The van der Waals surface area contributed by atoms with E-state index < -0.39 is 0 Å². The summed E-state index contributed by atoms with van der Waals surface area (Å²) in [7, 11) is 1.35. The van der Waals surface area contributed by atoms with Gasteiger partial charge >= 0.3 is 5.97 Å². The predicted octanol–water partition coefficient (Wildman–Crippen LogP) is 1.38. The summed E-state index contributed by atoms with van der Waals surface area (Å²) in [5.74, 6) is -0.356. The minimum absolute atomic E-state index is 0.356. The summed E-state index contributed by atoms with van der Waals surface area (Å²) in [4.78, 5) is 15.6. The zero-order chi connectivity index (χ0) is 11.1. The molecule has 1 aromatic rings. The fraction of sp³-hybridized carbons (Fsp3) is 0.556. The van der Waals surface area contributed by atoms with E-state index in [1.165, 1.54) is 24.6 Å². The molecule has 15 heavy (non-hydrogen) atoms. The van der Waals surface area contributed by atoms with Gasteiger partial charge in [-0.15, -0.1) is 0 Å². The Labute approximate surface area is 92.4 Å². The van der Waals surface area contributed by atoms with Crippen molar-refractivity contribution in [3.63, 3.8) is 0 Å². The lowest BCUT2D eigenvalue weighted by atomic mass is 10.6. The molecule has 0 saturated carbocycles. The fourth-order valence-electron chi connectivity index (χ4n) is 0.925. The van der Waals surface area contributed by atoms with Crippen molar-refractivity contribution < 1.29 is 14.3 Å². The van der Waals surface area contributed by atoms with Gasteiger partial charge in [0.2, 0.25) is 0 Å². The molecule has 0 saturated heterocycles. The molecule has 0 aromatic carbocycles. The zero-order valence-corrected chi connectivity index (χ0v) is 9.60. The Bertz CT molecular complexity index is 314. The molecule has 0 atom stereocenters. The Morgan fingerprint density at radius 2 is 2.47 bits per heavy atom. The van der Waals surface area contributed by atoms with Gasteiger partial charge < -0.3 is 14.8 Å². The zero-order valence-electron chi connectivity index (χ0n) is 8.78. The highest BCUT2D eigenvalue weighted by Gasteiger charge is 2.09. The smallest absolute Gasteiger partial charge is 0.349 e. The van der Waals surface area contributed by atoms with Gasteiger partial charge in [0.1, 0.15) is 4.88 Å². The average Bonchev–Trinajstić information content (AvgIpc) is 2.72. The minimum Gasteiger partial charge on any atom is -0.465 e. The summed E-state index contributed by atoms with van der Waals surface area (Å²) in [6, 6.07) is 0. The third-order valence-electron chi connectivity index (χ3n) is 1.62. The van der Waals surface area contributed by atoms with Crippen molar-refractivity contribution in [2.45, 2.75) is 6.92 Å². The summed E-state index contributed by atoms with van der Waals surface area (Å²) in [6.07, 6.45) is 1.50. The summed E-state index contributed by atoms with van der Waals surface area (Å²) in [5, 5.41) is 3.76. The van der Waals surface area contributed by atoms with Crippen LogP contribution < -0.4 is 5.32 Å². The molecule has 0 spiro atoms. The van der Waals surface area contributed by atoms with Crippen LogP contribution >= 0.6 is 11.3 Å². The molecule has 6 heteroatoms. The Morgan fingerprint density at radius 3 is 3.13 bits per heavy atom. The molecular formula is C9H14N2O3S. The predicted molar refractivity (Wildman–Crippen MR) is 58.4 cm³/mol. The van der Waals surface area contributed by atoms with Crippen molar-refractivity contribution in [2.75, 3.05) is 32.2 Å². The van der Waals surface area contributed by atoms with Gasteiger partial charge in [-0.25, -0.2) is 9.78 Å². The van der Waals surface area contributed by atoms with E-state index in [0.717, 1.165) is 0 Å². The van der Waals surface area contributed by atoms with E-state index >= 15 is 0 Å². The maximum Gasteiger partial charge on any atom is 0.349 e. The molecular weight excluding hydrogens is 216 g/mol. The van der Waals surface area contributed by atoms with E-state index in [1.807, 2.05) is 6.92 Å². The van der Waals surface area contributed by atoms with Crippen molar-refractivity contribution >= 4 is 22.4 Å². The summed E-state index contributed by atoms with van der Waals surface area (Å²) in [5.41, 5.74) is 0. The Hall–Kier alpha value is -1.14. The Balaban J connectivity index is 2.36. The molecule has 1 N–H and O–H groups in total. The number of methoxy groups -OCH3 is 1. The highest BCUT2D eigenvalue weighted by molar-refractivity contribution is 7.17. The molecule has 0 aliphatic carbocycles. The van der Waals surface area contributed by atoms with E-state index in [-0.39, 0.29) is 5.97 Å². The topological polar surface area (TPSA) is 60.5 Å². The summed E-state index contributed by atoms with van der Waals surface area (Å²) in [6.45, 7) is 3.96. The molecule has 5 nitrogen and oxygen atoms in total. The van der Waals surface area contributed by atoms with Crippen molar-refractivity contribution in [1.82, 2.24) is 4.98 Å². The first-order chi connectivity index (χ1) is 7.27. The lowest BCUT2D eigenvalue weighted by Gasteiger charge is -2.01. The van der Waals surface area contributed by atoms with Gasteiger partial charge in [0.15, 0.2) is 5.13 Å². The number of hydrogen-bond donors (Lipinski definition) is 1. The third kappa shape index (κ3) is 3.85. The summed E-state index contributed by atoms with van der Waals surface area (Å²) >= 11 is 1.27. The second-order valence-corrected chi connectivity index (χ2v) is 3.68. The van der Waals surface area contributed by atoms with Gasteiger partial charge in [0, 0.05) is 13.2 Å². The number of esters is 1. The maximum atomic E-state index is 11.1. The van der Waals surface area contributed by atoms with Crippen LogP contribution in [0.4, 0.5) is 5.13 Å². The second-order valence-electron chi connectivity index (χ2n) is 2.64. The number of carbonyl (C=O) groups is 1. The van der Waals surface area contributed by atoms with Crippen molar-refractivity contribution in [2.24, 2.45) is 0 Å². The third-order valence-corrected chi connectivity index (χ3v) is 2.55. The highest BCUT2D eigenvalue weighted by Crippen LogP contribution is 2.18. The van der Waals surface area contributed by atoms with Gasteiger partial charge in [-0.1, -0.05) is 11.3 Å². The molecule has 0 amide bonds. The Kier molecular flexibility index (Phi) is 5.06. The number of carbonyl (C=O) groups excluding carboxylic acids is 1. The average molecular weight is 230 g/mol. The maximum absolute atomic E-state index is 11.1. The van der Waals surface area contributed by atoms with Crippen LogP contribution in [0.25, 0.3) is 0 Å². The first-order valence-corrected chi connectivity index (χ1v) is 5.45. The Morgan fingerprint density at radius 1 is 1.67 bits per heavy atom. The van der Waals surface area contributed by atoms with Crippen LogP contribution in [-0.2, 0) is 9.47 Å². The number of aromatic nitrogens is 1. The van der Waals surface area contributed by atoms with Gasteiger partial charge in [0.25, 0.3) is 0 Å². The molecule has 0 unspecified atom stereocenters. The molecule has 0 bridgehead atoms. The molecule has 0 aliphatic rings. The van der Waals surface area contributed by atoms with Crippen LogP contribution in [0.1, 0.15) is 16.6 Å². The molecule has 0 aliphatic heterocycles. The van der Waals surface area contributed by atoms with Gasteiger partial charge in [-0.2, -0.15) is 0 Å². The number of anilines is 1. The van der Waals surface area contributed by atoms with Crippen LogP contribution in [0.15, 0.2) is 6.20 Å². The van der Waals surface area contributed by atoms with Crippen LogP contribution in [0.5, 0.6) is 0 Å². The van der Waals surface area contributed by atoms with Crippen molar-refractivity contribution in [3.05, 3.63) is 11.1 Å². The highest BCUT2D eigenvalue weighted by atomic mass is 32.1. The number of rotatable bonds is 6. The number of nitrogens with zero attached hydrogens (tertiary/aromatic N) is 1. The standard InChI is InChI=1S/C9H14N2O3S/c1-3-14-5-4-10-9-11-6-7(15-9)8(12)13-2/h6H,3-5H2,1-2H3,(H,10,11). The van der Waals surface area contributed by atoms with Crippen LogP contribution in [0, 0.1) is 0 Å². The molecule has 1 aromatic heterocycles. The molecule has 0 fully saturated rings. The van der Waals surface area contributed by atoms with E-state index in [4.69, 9.17) is 4.74 Å². The van der Waals surface area contributed by atoms with Gasteiger partial charge in [-0.3, -0.25) is 0 Å². The van der Waals surface area contributed by atoms with Crippen LogP contribution in [0.2, 0.25) is 0 Å². The number of hydrogen-bond acceptors (Lipinski definition) is 6. The van der Waals surface area contributed by atoms with Crippen molar-refractivity contribution in [3.8, 4) is 0 Å². The number of thiazole rings is 1. The number of ether oxygens (including phenoxy) is 2. The van der Waals surface area contributed by atoms with Crippen LogP contribution in [0.3, 0.4) is 0 Å². The molecule has 1 rings (SSSR count). The normalized spacial score (nSPS) is 10.0. The molecule has 0 radical (unpaired) electrons. The lowest BCUT2D eigenvalue weighted by Crippen LogP contribution is -2.08. The summed E-state index contributed by atoms with van der Waals surface area (Å²) < 4.78 is 9.73. The first-order valence-electron chi connectivity index (χ1n) is 4.63. The lowest BCUT2D eigenvalue weighted by molar-refractivity contribution is 0.0606. The van der Waals surface area contributed by atoms with Crippen LogP contribution in [-0.4, -0.2) is 37.8 Å². The number of nitrogens with one attached hydrogen (secondary N) is 1. The van der Waals surface area contributed by atoms with Gasteiger partial charge in [-0.05, 0) is 6.92 Å². The SMILES string of the molecule is CCOCCNc1ncc(C(=O)OC)s1. The van der Waals surface area contributed by atoms with Crippen molar-refractivity contribution in [1.29, 1.82) is 0 Å². The van der Waals surface area contributed by atoms with E-state index in [9.17, 15) is 4.79 Å². The molecule has 84 valence electrons. The van der Waals surface area contributed by atoms with E-state index in [0.29, 0.717) is 29.8 Å². The first kappa shape index (κ1) is 11.9. The fourth-order valence-corrected chi connectivity index (χ4v) is 1.69. The largest absolute Gasteiger partial charge is 0.465 e. The minimum atomic E-state index is -0.356. The quantitative estimate of drug-likeness (QED) is 0.591. The second kappa shape index (κ2) is 6.36.